The average Bonchev–Trinajstić information content (AvgIpc) is 2.51. The predicted molar refractivity (Wildman–Crippen MR) is 84.9 cm³/mol. The molecule has 2 aliphatic rings. The van der Waals surface area contributed by atoms with Gasteiger partial charge in [-0.1, -0.05) is 24.3 Å². The lowest BCUT2D eigenvalue weighted by atomic mass is 9.75. The minimum Gasteiger partial charge on any atom is -0.328 e. The third-order valence-corrected chi connectivity index (χ3v) is 5.60. The van der Waals surface area contributed by atoms with Crippen LogP contribution in [0.2, 0.25) is 0 Å². The van der Waals surface area contributed by atoms with Crippen molar-refractivity contribution in [2.75, 3.05) is 0 Å². The second-order valence-electron chi connectivity index (χ2n) is 7.25. The molecule has 0 unspecified atom stereocenters. The minimum atomic E-state index is -2.46. The summed E-state index contributed by atoms with van der Waals surface area (Å²) in [5.41, 5.74) is 14.6. The zero-order valence-electron chi connectivity index (χ0n) is 13.0. The van der Waals surface area contributed by atoms with Crippen LogP contribution in [-0.2, 0) is 5.54 Å². The highest BCUT2D eigenvalue weighted by molar-refractivity contribution is 5.31. The van der Waals surface area contributed by atoms with Crippen molar-refractivity contribution in [2.24, 2.45) is 11.5 Å². The van der Waals surface area contributed by atoms with Crippen LogP contribution in [0, 0.1) is 0 Å². The van der Waals surface area contributed by atoms with Gasteiger partial charge >= 0.3 is 0 Å². The third-order valence-electron chi connectivity index (χ3n) is 5.60. The van der Waals surface area contributed by atoms with E-state index in [1.54, 1.807) is 0 Å². The summed E-state index contributed by atoms with van der Waals surface area (Å²) >= 11 is 0. The van der Waals surface area contributed by atoms with Crippen LogP contribution in [0.5, 0.6) is 0 Å². The summed E-state index contributed by atoms with van der Waals surface area (Å²) in [7, 11) is 0. The first-order valence-electron chi connectivity index (χ1n) is 8.41. The van der Waals surface area contributed by atoms with E-state index in [1.165, 1.54) is 5.56 Å². The van der Waals surface area contributed by atoms with Crippen molar-refractivity contribution in [2.45, 2.75) is 74.8 Å². The standard InChI is InChI=1S/C18H26F2N2/c19-18(20)11-5-14(6-12-18)13-1-3-15(4-2-13)17(22)9-7-16(21)8-10-17/h1-4,14,16H,5-12,21-22H2. The van der Waals surface area contributed by atoms with Gasteiger partial charge in [0.25, 0.3) is 0 Å². The van der Waals surface area contributed by atoms with Gasteiger partial charge in [0.05, 0.1) is 0 Å². The van der Waals surface area contributed by atoms with Crippen molar-refractivity contribution in [3.05, 3.63) is 35.4 Å². The maximum atomic E-state index is 13.3. The summed E-state index contributed by atoms with van der Waals surface area (Å²) in [6.07, 6.45) is 4.96. The van der Waals surface area contributed by atoms with E-state index in [0.29, 0.717) is 12.8 Å². The zero-order chi connectivity index (χ0) is 15.8. The maximum absolute atomic E-state index is 13.3. The van der Waals surface area contributed by atoms with E-state index in [-0.39, 0.29) is 30.3 Å². The quantitative estimate of drug-likeness (QED) is 0.866. The number of hydrogen-bond donors (Lipinski definition) is 2. The van der Waals surface area contributed by atoms with Crippen LogP contribution in [0.4, 0.5) is 8.78 Å². The molecule has 0 radical (unpaired) electrons. The van der Waals surface area contributed by atoms with E-state index < -0.39 is 5.92 Å². The Morgan fingerprint density at radius 3 is 1.95 bits per heavy atom. The summed E-state index contributed by atoms with van der Waals surface area (Å²) in [5, 5.41) is 0. The third kappa shape index (κ3) is 3.33. The maximum Gasteiger partial charge on any atom is 0.248 e. The van der Waals surface area contributed by atoms with E-state index in [2.05, 4.69) is 24.3 Å². The summed E-state index contributed by atoms with van der Waals surface area (Å²) in [6, 6.07) is 8.65. The summed E-state index contributed by atoms with van der Waals surface area (Å²) < 4.78 is 26.5. The second kappa shape index (κ2) is 5.89. The van der Waals surface area contributed by atoms with Crippen molar-refractivity contribution >= 4 is 0 Å². The lowest BCUT2D eigenvalue weighted by Gasteiger charge is -2.37. The fourth-order valence-electron chi connectivity index (χ4n) is 3.90. The molecule has 2 fully saturated rings. The molecule has 2 saturated carbocycles. The Kier molecular flexibility index (Phi) is 4.25. The molecule has 122 valence electrons. The van der Waals surface area contributed by atoms with Gasteiger partial charge in [-0.05, 0) is 55.6 Å². The van der Waals surface area contributed by atoms with Crippen LogP contribution in [0.3, 0.4) is 0 Å². The van der Waals surface area contributed by atoms with Gasteiger partial charge in [0.1, 0.15) is 0 Å². The molecule has 2 aliphatic carbocycles. The normalized spacial score (nSPS) is 32.8. The van der Waals surface area contributed by atoms with Crippen molar-refractivity contribution < 1.29 is 8.78 Å². The monoisotopic (exact) mass is 308 g/mol. The number of rotatable bonds is 2. The minimum absolute atomic E-state index is 0.0120. The number of alkyl halides is 2. The first-order chi connectivity index (χ1) is 10.4. The number of benzene rings is 1. The van der Waals surface area contributed by atoms with E-state index in [4.69, 9.17) is 11.5 Å². The highest BCUT2D eigenvalue weighted by Crippen LogP contribution is 2.41. The van der Waals surface area contributed by atoms with Gasteiger partial charge in [0.2, 0.25) is 5.92 Å². The summed E-state index contributed by atoms with van der Waals surface area (Å²) in [4.78, 5) is 0. The highest BCUT2D eigenvalue weighted by Gasteiger charge is 2.36. The highest BCUT2D eigenvalue weighted by atomic mass is 19.3. The van der Waals surface area contributed by atoms with Crippen molar-refractivity contribution in [1.29, 1.82) is 0 Å². The van der Waals surface area contributed by atoms with Crippen LogP contribution >= 0.6 is 0 Å². The Hall–Kier alpha value is -1.00. The molecule has 3 rings (SSSR count). The van der Waals surface area contributed by atoms with Gasteiger partial charge in [0, 0.05) is 24.4 Å². The molecular formula is C18H26F2N2. The fourth-order valence-corrected chi connectivity index (χ4v) is 3.90. The van der Waals surface area contributed by atoms with Crippen LogP contribution < -0.4 is 11.5 Å². The molecule has 0 atom stereocenters. The lowest BCUT2D eigenvalue weighted by molar-refractivity contribution is -0.0382. The molecule has 0 aromatic heterocycles. The molecule has 1 aromatic carbocycles. The predicted octanol–water partition coefficient (Wildman–Crippen LogP) is 4.03. The lowest BCUT2D eigenvalue weighted by Crippen LogP contribution is -2.43. The molecule has 2 nitrogen and oxygen atoms in total. The summed E-state index contributed by atoms with van der Waals surface area (Å²) in [6.45, 7) is 0. The molecule has 4 heteroatoms. The molecule has 0 aliphatic heterocycles. The smallest absolute Gasteiger partial charge is 0.248 e. The second-order valence-corrected chi connectivity index (χ2v) is 7.25. The zero-order valence-corrected chi connectivity index (χ0v) is 13.0. The molecule has 22 heavy (non-hydrogen) atoms. The van der Waals surface area contributed by atoms with E-state index in [0.717, 1.165) is 31.2 Å². The van der Waals surface area contributed by atoms with Crippen LogP contribution in [0.25, 0.3) is 0 Å². The van der Waals surface area contributed by atoms with Crippen LogP contribution in [0.1, 0.15) is 68.4 Å². The Labute approximate surface area is 131 Å². The van der Waals surface area contributed by atoms with E-state index >= 15 is 0 Å². The Morgan fingerprint density at radius 2 is 1.41 bits per heavy atom. The largest absolute Gasteiger partial charge is 0.328 e. The topological polar surface area (TPSA) is 52.0 Å². The van der Waals surface area contributed by atoms with Gasteiger partial charge in [-0.2, -0.15) is 0 Å². The molecule has 0 amide bonds. The Morgan fingerprint density at radius 1 is 0.864 bits per heavy atom. The first kappa shape index (κ1) is 15.9. The van der Waals surface area contributed by atoms with Gasteiger partial charge < -0.3 is 11.5 Å². The molecule has 0 spiro atoms. The SMILES string of the molecule is NC1CCC(N)(c2ccc(C3CCC(F)(F)CC3)cc2)CC1. The molecule has 1 aromatic rings. The van der Waals surface area contributed by atoms with Crippen molar-refractivity contribution in [1.82, 2.24) is 0 Å². The number of nitrogens with two attached hydrogens (primary N) is 2. The van der Waals surface area contributed by atoms with Crippen LogP contribution in [-0.4, -0.2) is 12.0 Å². The van der Waals surface area contributed by atoms with Gasteiger partial charge in [-0.25, -0.2) is 8.78 Å². The average molecular weight is 308 g/mol. The van der Waals surface area contributed by atoms with E-state index in [1.807, 2.05) is 0 Å². The number of hydrogen-bond acceptors (Lipinski definition) is 2. The molecule has 4 N–H and O–H groups in total. The summed E-state index contributed by atoms with van der Waals surface area (Å²) in [5.74, 6) is -2.19. The molecule has 0 heterocycles. The molecule has 0 saturated heterocycles. The Bertz CT molecular complexity index is 494. The molecular weight excluding hydrogens is 282 g/mol. The molecule has 0 bridgehead atoms. The fraction of sp³-hybridized carbons (Fsp3) is 0.667. The van der Waals surface area contributed by atoms with Gasteiger partial charge in [-0.3, -0.25) is 0 Å². The van der Waals surface area contributed by atoms with Crippen LogP contribution in [0.15, 0.2) is 24.3 Å². The number of halogens is 2. The Balaban J connectivity index is 1.68. The van der Waals surface area contributed by atoms with Crippen molar-refractivity contribution in [3.63, 3.8) is 0 Å². The van der Waals surface area contributed by atoms with Gasteiger partial charge in [0.15, 0.2) is 0 Å². The van der Waals surface area contributed by atoms with Gasteiger partial charge in [-0.15, -0.1) is 0 Å². The first-order valence-corrected chi connectivity index (χ1v) is 8.41. The van der Waals surface area contributed by atoms with Crippen molar-refractivity contribution in [3.8, 4) is 0 Å². The van der Waals surface area contributed by atoms with E-state index in [9.17, 15) is 8.78 Å².